The van der Waals surface area contributed by atoms with Gasteiger partial charge in [-0.1, -0.05) is 12.1 Å². The van der Waals surface area contributed by atoms with Crippen molar-refractivity contribution in [3.05, 3.63) is 46.5 Å². The average molecular weight is 257 g/mol. The van der Waals surface area contributed by atoms with E-state index < -0.39 is 0 Å². The second-order valence-corrected chi connectivity index (χ2v) is 4.48. The first-order valence-electron chi connectivity index (χ1n) is 5.28. The Bertz CT molecular complexity index is 625. The number of benzene rings is 1. The number of nitrogens with one attached hydrogen (secondary N) is 1. The molecule has 0 bridgehead atoms. The molecule has 1 aromatic carbocycles. The van der Waals surface area contributed by atoms with Crippen LogP contribution in [0.1, 0.15) is 10.7 Å². The third-order valence-electron chi connectivity index (χ3n) is 2.25. The number of anilines is 1. The van der Waals surface area contributed by atoms with Crippen LogP contribution in [-0.2, 0) is 0 Å². The molecule has 90 valence electrons. The number of thiazole rings is 1. The van der Waals surface area contributed by atoms with Gasteiger partial charge in [0.1, 0.15) is 22.4 Å². The van der Waals surface area contributed by atoms with E-state index in [4.69, 9.17) is 5.26 Å². The number of para-hydroxylation sites is 2. The summed E-state index contributed by atoms with van der Waals surface area (Å²) in [6.45, 7) is 1.88. The van der Waals surface area contributed by atoms with Gasteiger partial charge in [-0.2, -0.15) is 5.26 Å². The lowest BCUT2D eigenvalue weighted by Crippen LogP contribution is -1.91. The molecule has 0 aliphatic rings. The van der Waals surface area contributed by atoms with Crippen LogP contribution >= 0.6 is 11.3 Å². The molecule has 0 atom stereocenters. The minimum atomic E-state index is 0.140. The number of hydrogen-bond donors (Lipinski definition) is 2. The van der Waals surface area contributed by atoms with Gasteiger partial charge in [-0.15, -0.1) is 11.3 Å². The molecular formula is C13H11N3OS. The molecule has 0 amide bonds. The second kappa shape index (κ2) is 5.34. The number of rotatable bonds is 3. The smallest absolute Gasteiger partial charge is 0.139 e. The first-order valence-corrected chi connectivity index (χ1v) is 6.16. The number of aromatic hydroxyl groups is 1. The molecule has 18 heavy (non-hydrogen) atoms. The van der Waals surface area contributed by atoms with Crippen LogP contribution in [0.5, 0.6) is 5.75 Å². The van der Waals surface area contributed by atoms with Gasteiger partial charge in [0.2, 0.25) is 0 Å². The molecule has 0 fully saturated rings. The summed E-state index contributed by atoms with van der Waals surface area (Å²) in [7, 11) is 0. The summed E-state index contributed by atoms with van der Waals surface area (Å²) < 4.78 is 0. The minimum Gasteiger partial charge on any atom is -0.506 e. The highest BCUT2D eigenvalue weighted by Crippen LogP contribution is 2.23. The van der Waals surface area contributed by atoms with Crippen LogP contribution < -0.4 is 5.32 Å². The molecule has 2 N–H and O–H groups in total. The van der Waals surface area contributed by atoms with Gasteiger partial charge in [0.15, 0.2) is 0 Å². The van der Waals surface area contributed by atoms with Gasteiger partial charge in [-0.05, 0) is 19.1 Å². The van der Waals surface area contributed by atoms with Crippen molar-refractivity contribution in [2.45, 2.75) is 6.92 Å². The second-order valence-electron chi connectivity index (χ2n) is 3.63. The van der Waals surface area contributed by atoms with Gasteiger partial charge in [0.05, 0.1) is 5.69 Å². The summed E-state index contributed by atoms with van der Waals surface area (Å²) in [4.78, 5) is 4.24. The Labute approximate surface area is 109 Å². The monoisotopic (exact) mass is 257 g/mol. The molecule has 0 radical (unpaired) electrons. The summed E-state index contributed by atoms with van der Waals surface area (Å²) in [5, 5.41) is 24.1. The predicted molar refractivity (Wildman–Crippen MR) is 72.2 cm³/mol. The zero-order chi connectivity index (χ0) is 13.0. The summed E-state index contributed by atoms with van der Waals surface area (Å²) in [5.74, 6) is 0.140. The van der Waals surface area contributed by atoms with Crippen molar-refractivity contribution in [3.8, 4) is 11.8 Å². The van der Waals surface area contributed by atoms with Crippen molar-refractivity contribution in [2.24, 2.45) is 0 Å². The first-order chi connectivity index (χ1) is 8.70. The maximum absolute atomic E-state index is 9.58. The maximum atomic E-state index is 9.58. The average Bonchev–Trinajstić information content (AvgIpc) is 2.79. The molecule has 0 saturated heterocycles. The Balaban J connectivity index is 2.22. The molecule has 1 heterocycles. The Kier molecular flexibility index (Phi) is 3.60. The van der Waals surface area contributed by atoms with Crippen LogP contribution in [0.3, 0.4) is 0 Å². The lowest BCUT2D eigenvalue weighted by atomic mass is 10.3. The van der Waals surface area contributed by atoms with Crippen molar-refractivity contribution >= 4 is 22.6 Å². The number of phenols is 1. The Morgan fingerprint density at radius 2 is 2.28 bits per heavy atom. The standard InChI is InChI=1S/C13H11N3OS/c1-9-8-18-13(16-9)10(6-14)7-15-11-4-2-3-5-12(11)17/h2-5,7-8,15,17H,1H3/b10-7+. The topological polar surface area (TPSA) is 68.9 Å². The lowest BCUT2D eigenvalue weighted by molar-refractivity contribution is 0.478. The summed E-state index contributed by atoms with van der Waals surface area (Å²) >= 11 is 1.42. The number of aryl methyl sites for hydroxylation is 1. The van der Waals surface area contributed by atoms with E-state index in [2.05, 4.69) is 16.4 Å². The van der Waals surface area contributed by atoms with Crippen molar-refractivity contribution < 1.29 is 5.11 Å². The van der Waals surface area contributed by atoms with Crippen molar-refractivity contribution in [1.29, 1.82) is 5.26 Å². The highest BCUT2D eigenvalue weighted by atomic mass is 32.1. The zero-order valence-electron chi connectivity index (χ0n) is 9.71. The lowest BCUT2D eigenvalue weighted by Gasteiger charge is -2.03. The molecular weight excluding hydrogens is 246 g/mol. The fraction of sp³-hybridized carbons (Fsp3) is 0.0769. The predicted octanol–water partition coefficient (Wildman–Crippen LogP) is 3.13. The van der Waals surface area contributed by atoms with E-state index in [1.165, 1.54) is 11.3 Å². The van der Waals surface area contributed by atoms with E-state index in [0.29, 0.717) is 16.3 Å². The largest absolute Gasteiger partial charge is 0.506 e. The first kappa shape index (κ1) is 12.1. The van der Waals surface area contributed by atoms with Crippen LogP contribution in [0.15, 0.2) is 35.8 Å². The summed E-state index contributed by atoms with van der Waals surface area (Å²) in [6.07, 6.45) is 1.55. The van der Waals surface area contributed by atoms with E-state index in [0.717, 1.165) is 5.69 Å². The Morgan fingerprint density at radius 3 is 2.89 bits per heavy atom. The van der Waals surface area contributed by atoms with Gasteiger partial charge < -0.3 is 10.4 Å². The summed E-state index contributed by atoms with van der Waals surface area (Å²) in [5.41, 5.74) is 1.88. The minimum absolute atomic E-state index is 0.140. The number of nitriles is 1. The molecule has 2 aromatic rings. The molecule has 0 aliphatic heterocycles. The van der Waals surface area contributed by atoms with Crippen LogP contribution in [0.25, 0.3) is 5.57 Å². The SMILES string of the molecule is Cc1csc(/C(C#N)=C/Nc2ccccc2O)n1. The highest BCUT2D eigenvalue weighted by molar-refractivity contribution is 7.10. The Morgan fingerprint density at radius 1 is 1.50 bits per heavy atom. The van der Waals surface area contributed by atoms with E-state index in [1.807, 2.05) is 12.3 Å². The van der Waals surface area contributed by atoms with Crippen LogP contribution in [-0.4, -0.2) is 10.1 Å². The molecule has 4 nitrogen and oxygen atoms in total. The van der Waals surface area contributed by atoms with Gasteiger partial charge in [0, 0.05) is 17.3 Å². The Hall–Kier alpha value is -2.32. The van der Waals surface area contributed by atoms with Gasteiger partial charge in [-0.3, -0.25) is 0 Å². The molecule has 1 aromatic heterocycles. The van der Waals surface area contributed by atoms with E-state index >= 15 is 0 Å². The molecule has 0 saturated carbocycles. The van der Waals surface area contributed by atoms with E-state index in [9.17, 15) is 5.11 Å². The third-order valence-corrected chi connectivity index (χ3v) is 3.24. The van der Waals surface area contributed by atoms with Crippen LogP contribution in [0, 0.1) is 18.3 Å². The molecule has 5 heteroatoms. The molecule has 0 unspecified atom stereocenters. The van der Waals surface area contributed by atoms with Crippen LogP contribution in [0.2, 0.25) is 0 Å². The van der Waals surface area contributed by atoms with Gasteiger partial charge in [-0.25, -0.2) is 4.98 Å². The van der Waals surface area contributed by atoms with Crippen molar-refractivity contribution in [3.63, 3.8) is 0 Å². The van der Waals surface area contributed by atoms with Crippen molar-refractivity contribution in [2.75, 3.05) is 5.32 Å². The maximum Gasteiger partial charge on any atom is 0.139 e. The number of allylic oxidation sites excluding steroid dienone is 1. The molecule has 0 spiro atoms. The van der Waals surface area contributed by atoms with Gasteiger partial charge in [0.25, 0.3) is 0 Å². The third kappa shape index (κ3) is 2.67. The van der Waals surface area contributed by atoms with E-state index in [1.54, 1.807) is 30.5 Å². The van der Waals surface area contributed by atoms with Crippen molar-refractivity contribution in [1.82, 2.24) is 4.98 Å². The fourth-order valence-electron chi connectivity index (χ4n) is 1.37. The van der Waals surface area contributed by atoms with E-state index in [-0.39, 0.29) is 5.75 Å². The number of aromatic nitrogens is 1. The normalized spacial score (nSPS) is 11.0. The van der Waals surface area contributed by atoms with Gasteiger partial charge >= 0.3 is 0 Å². The molecule has 0 aliphatic carbocycles. The number of hydrogen-bond acceptors (Lipinski definition) is 5. The number of phenolic OH excluding ortho intramolecular Hbond substituents is 1. The highest BCUT2D eigenvalue weighted by Gasteiger charge is 2.05. The van der Waals surface area contributed by atoms with Crippen LogP contribution in [0.4, 0.5) is 5.69 Å². The number of nitrogens with zero attached hydrogens (tertiary/aromatic N) is 2. The molecule has 2 rings (SSSR count). The summed E-state index contributed by atoms with van der Waals surface area (Å²) in [6, 6.07) is 8.93. The zero-order valence-corrected chi connectivity index (χ0v) is 10.5. The fourth-order valence-corrected chi connectivity index (χ4v) is 2.13. The quantitative estimate of drug-likeness (QED) is 0.654.